The van der Waals surface area contributed by atoms with Gasteiger partial charge in [0.1, 0.15) is 24.2 Å². The first-order chi connectivity index (χ1) is 14.3. The van der Waals surface area contributed by atoms with Gasteiger partial charge < -0.3 is 41.6 Å². The number of likely N-dealkylation sites (tertiary alicyclic amines) is 1. The fourth-order valence-electron chi connectivity index (χ4n) is 3.13. The summed E-state index contributed by atoms with van der Waals surface area (Å²) >= 11 is 0. The van der Waals surface area contributed by atoms with E-state index in [9.17, 15) is 29.4 Å². The number of carboxylic acids is 1. The molecule has 8 N–H and O–H groups in total. The second kappa shape index (κ2) is 10.7. The average Bonchev–Trinajstić information content (AvgIpc) is 3.41. The average molecular weight is 426 g/mol. The minimum absolute atomic E-state index is 0.00430. The maximum atomic E-state index is 13.0. The number of aromatic nitrogens is 2. The molecule has 1 aromatic rings. The van der Waals surface area contributed by atoms with Crippen LogP contribution >= 0.6 is 0 Å². The molecule has 0 bridgehead atoms. The lowest BCUT2D eigenvalue weighted by atomic mass is 10.1. The van der Waals surface area contributed by atoms with E-state index in [2.05, 4.69) is 20.6 Å². The molecule has 0 saturated carbocycles. The van der Waals surface area contributed by atoms with Gasteiger partial charge in [-0.15, -0.1) is 0 Å². The molecule has 13 heteroatoms. The lowest BCUT2D eigenvalue weighted by molar-refractivity contribution is -0.149. The van der Waals surface area contributed by atoms with Crippen molar-refractivity contribution in [3.05, 3.63) is 18.2 Å². The Morgan fingerprint density at radius 3 is 2.47 bits per heavy atom. The van der Waals surface area contributed by atoms with Crippen LogP contribution in [0.3, 0.4) is 0 Å². The van der Waals surface area contributed by atoms with E-state index in [4.69, 9.17) is 10.8 Å². The Kier molecular flexibility index (Phi) is 8.26. The SMILES string of the molecule is NC(CO)C(=O)NC(CO)C(=O)NC(Cc1cnc[nH]1)C(=O)N1CCCC1C(=O)O. The highest BCUT2D eigenvalue weighted by Crippen LogP contribution is 2.19. The van der Waals surface area contributed by atoms with Gasteiger partial charge in [0, 0.05) is 24.9 Å². The van der Waals surface area contributed by atoms with Crippen molar-refractivity contribution >= 4 is 23.7 Å². The highest BCUT2D eigenvalue weighted by atomic mass is 16.4. The number of H-pyrrole nitrogens is 1. The molecule has 1 aliphatic heterocycles. The van der Waals surface area contributed by atoms with Crippen LogP contribution < -0.4 is 16.4 Å². The van der Waals surface area contributed by atoms with Crippen molar-refractivity contribution < 1.29 is 34.5 Å². The normalized spacial score (nSPS) is 19.0. The summed E-state index contributed by atoms with van der Waals surface area (Å²) in [6.45, 7) is -1.20. The van der Waals surface area contributed by atoms with Crippen LogP contribution in [0.4, 0.5) is 0 Å². The fourth-order valence-corrected chi connectivity index (χ4v) is 3.13. The first-order valence-corrected chi connectivity index (χ1v) is 9.37. The third-order valence-corrected chi connectivity index (χ3v) is 4.76. The smallest absolute Gasteiger partial charge is 0.326 e. The van der Waals surface area contributed by atoms with Gasteiger partial charge in [-0.3, -0.25) is 14.4 Å². The van der Waals surface area contributed by atoms with Gasteiger partial charge in [0.15, 0.2) is 0 Å². The third kappa shape index (κ3) is 5.75. The van der Waals surface area contributed by atoms with Gasteiger partial charge in [0.05, 0.1) is 19.5 Å². The summed E-state index contributed by atoms with van der Waals surface area (Å²) in [5.74, 6) is -3.45. The van der Waals surface area contributed by atoms with Crippen molar-refractivity contribution in [1.82, 2.24) is 25.5 Å². The molecule has 1 aliphatic rings. The molecule has 1 saturated heterocycles. The quantitative estimate of drug-likeness (QED) is 0.196. The number of hydrogen-bond acceptors (Lipinski definition) is 8. The number of aliphatic hydroxyl groups excluding tert-OH is 2. The minimum atomic E-state index is -1.42. The third-order valence-electron chi connectivity index (χ3n) is 4.76. The summed E-state index contributed by atoms with van der Waals surface area (Å²) in [7, 11) is 0. The van der Waals surface area contributed by atoms with Crippen molar-refractivity contribution in [2.45, 2.75) is 43.4 Å². The number of nitrogens with zero attached hydrogens (tertiary/aromatic N) is 2. The van der Waals surface area contributed by atoms with Crippen molar-refractivity contribution in [2.24, 2.45) is 5.73 Å². The van der Waals surface area contributed by atoms with Crippen LogP contribution in [0.5, 0.6) is 0 Å². The fraction of sp³-hybridized carbons (Fsp3) is 0.588. The summed E-state index contributed by atoms with van der Waals surface area (Å²) in [4.78, 5) is 56.7. The number of aliphatic carboxylic acids is 1. The minimum Gasteiger partial charge on any atom is -0.480 e. The van der Waals surface area contributed by atoms with Crippen molar-refractivity contribution in [1.29, 1.82) is 0 Å². The Hall–Kier alpha value is -3.03. The first-order valence-electron chi connectivity index (χ1n) is 9.37. The molecule has 30 heavy (non-hydrogen) atoms. The number of aliphatic hydroxyl groups is 2. The number of carboxylic acid groups (broad SMARTS) is 1. The van der Waals surface area contributed by atoms with E-state index < -0.39 is 61.1 Å². The van der Waals surface area contributed by atoms with Crippen molar-refractivity contribution in [2.75, 3.05) is 19.8 Å². The van der Waals surface area contributed by atoms with Gasteiger partial charge in [-0.25, -0.2) is 9.78 Å². The number of carbonyl (C=O) groups excluding carboxylic acids is 3. The monoisotopic (exact) mass is 426 g/mol. The number of imidazole rings is 1. The van der Waals surface area contributed by atoms with Crippen molar-refractivity contribution in [3.63, 3.8) is 0 Å². The Morgan fingerprint density at radius 1 is 1.20 bits per heavy atom. The molecule has 166 valence electrons. The van der Waals surface area contributed by atoms with Crippen molar-refractivity contribution in [3.8, 4) is 0 Å². The maximum absolute atomic E-state index is 13.0. The molecule has 4 unspecified atom stereocenters. The number of aromatic amines is 1. The van der Waals surface area contributed by atoms with E-state index in [0.717, 1.165) is 0 Å². The highest BCUT2D eigenvalue weighted by Gasteiger charge is 2.38. The van der Waals surface area contributed by atoms with Gasteiger partial charge >= 0.3 is 5.97 Å². The molecule has 2 rings (SSSR count). The zero-order valence-electron chi connectivity index (χ0n) is 16.2. The van der Waals surface area contributed by atoms with Gasteiger partial charge in [0.25, 0.3) is 0 Å². The molecule has 4 atom stereocenters. The Bertz CT molecular complexity index is 756. The molecule has 0 radical (unpaired) electrons. The molecule has 0 aliphatic carbocycles. The lowest BCUT2D eigenvalue weighted by Gasteiger charge is -2.28. The van der Waals surface area contributed by atoms with Gasteiger partial charge in [0.2, 0.25) is 17.7 Å². The second-order valence-electron chi connectivity index (χ2n) is 6.90. The van der Waals surface area contributed by atoms with E-state index in [0.29, 0.717) is 18.5 Å². The lowest BCUT2D eigenvalue weighted by Crippen LogP contribution is -2.58. The number of rotatable bonds is 10. The van der Waals surface area contributed by atoms with Gasteiger partial charge in [-0.1, -0.05) is 0 Å². The number of nitrogens with one attached hydrogen (secondary N) is 3. The molecule has 0 spiro atoms. The predicted molar refractivity (Wildman–Crippen MR) is 101 cm³/mol. The summed E-state index contributed by atoms with van der Waals surface area (Å²) in [6.07, 6.45) is 3.66. The standard InChI is InChI=1S/C17H26N6O7/c18-10(6-24)14(26)22-12(7-25)15(27)21-11(4-9-5-19-8-20-9)16(28)23-3-1-2-13(23)17(29)30/h5,8,10-13,24-25H,1-4,6-7,18H2,(H,19,20)(H,21,27)(H,22,26)(H,29,30). The molecule has 1 fully saturated rings. The van der Waals surface area contributed by atoms with E-state index in [-0.39, 0.29) is 13.0 Å². The van der Waals surface area contributed by atoms with E-state index >= 15 is 0 Å². The number of carbonyl (C=O) groups is 4. The molecule has 3 amide bonds. The molecule has 1 aromatic heterocycles. The topological polar surface area (TPSA) is 211 Å². The van der Waals surface area contributed by atoms with Crippen LogP contribution in [0.1, 0.15) is 18.5 Å². The molecule has 2 heterocycles. The maximum Gasteiger partial charge on any atom is 0.326 e. The second-order valence-corrected chi connectivity index (χ2v) is 6.90. The van der Waals surface area contributed by atoms with Crippen LogP contribution in [0.25, 0.3) is 0 Å². The van der Waals surface area contributed by atoms with Crippen LogP contribution in [-0.4, -0.2) is 97.8 Å². The van der Waals surface area contributed by atoms with Crippen LogP contribution in [0, 0.1) is 0 Å². The Labute approximate surface area is 171 Å². The number of amides is 3. The van der Waals surface area contributed by atoms with E-state index in [1.54, 1.807) is 0 Å². The van der Waals surface area contributed by atoms with Crippen LogP contribution in [0.15, 0.2) is 12.5 Å². The van der Waals surface area contributed by atoms with E-state index in [1.165, 1.54) is 17.4 Å². The molecular weight excluding hydrogens is 400 g/mol. The summed E-state index contributed by atoms with van der Waals surface area (Å²) < 4.78 is 0. The molecular formula is C17H26N6O7. The Morgan fingerprint density at radius 2 is 1.90 bits per heavy atom. The van der Waals surface area contributed by atoms with Gasteiger partial charge in [-0.05, 0) is 12.8 Å². The first kappa shape index (κ1) is 23.3. The number of nitrogens with two attached hydrogens (primary N) is 1. The Balaban J connectivity index is 2.15. The molecule has 0 aromatic carbocycles. The van der Waals surface area contributed by atoms with Crippen LogP contribution in [0.2, 0.25) is 0 Å². The number of hydrogen-bond donors (Lipinski definition) is 7. The van der Waals surface area contributed by atoms with E-state index in [1.807, 2.05) is 0 Å². The van der Waals surface area contributed by atoms with Crippen LogP contribution in [-0.2, 0) is 25.6 Å². The largest absolute Gasteiger partial charge is 0.480 e. The zero-order chi connectivity index (χ0) is 22.3. The predicted octanol–water partition coefficient (Wildman–Crippen LogP) is -3.69. The van der Waals surface area contributed by atoms with Gasteiger partial charge in [-0.2, -0.15) is 0 Å². The molecule has 13 nitrogen and oxygen atoms in total. The summed E-state index contributed by atoms with van der Waals surface area (Å²) in [5, 5.41) is 32.4. The summed E-state index contributed by atoms with van der Waals surface area (Å²) in [5.41, 5.74) is 5.90. The summed E-state index contributed by atoms with van der Waals surface area (Å²) in [6, 6.07) is -4.85. The highest BCUT2D eigenvalue weighted by molar-refractivity contribution is 5.94. The zero-order valence-corrected chi connectivity index (χ0v) is 16.2.